The highest BCUT2D eigenvalue weighted by Crippen LogP contribution is 1.88. The summed E-state index contributed by atoms with van der Waals surface area (Å²) in [7, 11) is 0. The smallest absolute Gasteiger partial charge is 0.115 e. The topological polar surface area (TPSA) is 46.0 Å². The van der Waals surface area contributed by atoms with E-state index in [-0.39, 0.29) is 19.0 Å². The van der Waals surface area contributed by atoms with Crippen molar-refractivity contribution in [1.29, 1.82) is 0 Å². The van der Waals surface area contributed by atoms with Crippen LogP contribution in [-0.4, -0.2) is 15.1 Å². The summed E-state index contributed by atoms with van der Waals surface area (Å²) >= 11 is 0. The number of aliphatic hydroxyl groups excluding tert-OH is 1. The Labute approximate surface area is 59.2 Å². The highest BCUT2D eigenvalue weighted by molar-refractivity contribution is 5.85. The quantitative estimate of drug-likeness (QED) is 0.624. The van der Waals surface area contributed by atoms with Crippen LogP contribution < -0.4 is 0 Å². The van der Waals surface area contributed by atoms with Crippen molar-refractivity contribution in [1.82, 2.24) is 9.97 Å². The first-order valence-corrected chi connectivity index (χ1v) is 2.28. The van der Waals surface area contributed by atoms with Crippen LogP contribution in [0.25, 0.3) is 0 Å². The van der Waals surface area contributed by atoms with Crippen LogP contribution >= 0.6 is 12.4 Å². The van der Waals surface area contributed by atoms with Crippen LogP contribution in [0, 0.1) is 0 Å². The minimum Gasteiger partial charge on any atom is -0.392 e. The minimum atomic E-state index is 0. The Morgan fingerprint density at radius 3 is 2.22 bits per heavy atom. The molecule has 0 aliphatic carbocycles. The molecule has 0 saturated heterocycles. The lowest BCUT2D eigenvalue weighted by Gasteiger charge is -1.87. The van der Waals surface area contributed by atoms with Crippen molar-refractivity contribution < 1.29 is 5.11 Å². The Balaban J connectivity index is 0.000000640. The van der Waals surface area contributed by atoms with Crippen LogP contribution in [0.1, 0.15) is 5.56 Å². The number of aromatic nitrogens is 2. The van der Waals surface area contributed by atoms with E-state index in [0.717, 1.165) is 5.56 Å². The van der Waals surface area contributed by atoms with Crippen LogP contribution in [0.15, 0.2) is 18.7 Å². The maximum absolute atomic E-state index is 8.46. The van der Waals surface area contributed by atoms with Gasteiger partial charge in [-0.15, -0.1) is 12.4 Å². The predicted octanol–water partition coefficient (Wildman–Crippen LogP) is 0.391. The molecule has 0 fully saturated rings. The van der Waals surface area contributed by atoms with Crippen LogP contribution in [0.4, 0.5) is 0 Å². The van der Waals surface area contributed by atoms with Gasteiger partial charge in [0.15, 0.2) is 0 Å². The molecule has 1 rings (SSSR count). The van der Waals surface area contributed by atoms with Crippen molar-refractivity contribution in [3.63, 3.8) is 0 Å². The molecule has 0 bridgehead atoms. The van der Waals surface area contributed by atoms with Crippen LogP contribution in [0.5, 0.6) is 0 Å². The first-order valence-electron chi connectivity index (χ1n) is 2.28. The fourth-order valence-electron chi connectivity index (χ4n) is 0.412. The van der Waals surface area contributed by atoms with E-state index >= 15 is 0 Å². The Morgan fingerprint density at radius 1 is 1.33 bits per heavy atom. The zero-order chi connectivity index (χ0) is 5.82. The lowest BCUT2D eigenvalue weighted by Crippen LogP contribution is -1.84. The second-order valence-corrected chi connectivity index (χ2v) is 1.40. The van der Waals surface area contributed by atoms with Gasteiger partial charge in [0.1, 0.15) is 6.33 Å². The Kier molecular flexibility index (Phi) is 3.92. The molecule has 3 nitrogen and oxygen atoms in total. The summed E-state index contributed by atoms with van der Waals surface area (Å²) in [6, 6.07) is 0. The fourth-order valence-corrected chi connectivity index (χ4v) is 0.412. The Bertz CT molecular complexity index is 156. The molecular formula is C5H7ClN2O. The van der Waals surface area contributed by atoms with E-state index in [4.69, 9.17) is 5.11 Å². The molecule has 0 amide bonds. The number of rotatable bonds is 1. The molecule has 1 N–H and O–H groups in total. The fraction of sp³-hybridized carbons (Fsp3) is 0.200. The molecule has 4 heteroatoms. The van der Waals surface area contributed by atoms with E-state index in [1.54, 1.807) is 12.4 Å². The molecule has 0 atom stereocenters. The van der Waals surface area contributed by atoms with E-state index in [1.807, 2.05) is 0 Å². The van der Waals surface area contributed by atoms with E-state index in [1.165, 1.54) is 6.33 Å². The van der Waals surface area contributed by atoms with Crippen molar-refractivity contribution in [2.45, 2.75) is 6.61 Å². The van der Waals surface area contributed by atoms with Crippen molar-refractivity contribution >= 4 is 12.4 Å². The average Bonchev–Trinajstić information content (AvgIpc) is 1.90. The van der Waals surface area contributed by atoms with Gasteiger partial charge in [0.05, 0.1) is 6.61 Å². The number of halogens is 1. The summed E-state index contributed by atoms with van der Waals surface area (Å²) in [5.74, 6) is 0. The second kappa shape index (κ2) is 4.23. The lowest BCUT2D eigenvalue weighted by molar-refractivity contribution is 0.281. The van der Waals surface area contributed by atoms with E-state index in [9.17, 15) is 0 Å². The van der Waals surface area contributed by atoms with E-state index in [0.29, 0.717) is 0 Å². The van der Waals surface area contributed by atoms with Crippen molar-refractivity contribution in [3.8, 4) is 0 Å². The average molecular weight is 147 g/mol. The van der Waals surface area contributed by atoms with Gasteiger partial charge >= 0.3 is 0 Å². The monoisotopic (exact) mass is 146 g/mol. The molecule has 1 aromatic heterocycles. The molecule has 1 aromatic rings. The SMILES string of the molecule is Cl.OCc1cncnc1. The second-order valence-electron chi connectivity index (χ2n) is 1.40. The molecule has 50 valence electrons. The number of hydrogen-bond acceptors (Lipinski definition) is 3. The van der Waals surface area contributed by atoms with Gasteiger partial charge in [-0.05, 0) is 0 Å². The summed E-state index contributed by atoms with van der Waals surface area (Å²) in [5.41, 5.74) is 0.743. The van der Waals surface area contributed by atoms with E-state index < -0.39 is 0 Å². The molecule has 0 radical (unpaired) electrons. The van der Waals surface area contributed by atoms with Gasteiger partial charge in [0.25, 0.3) is 0 Å². The molecule has 1 heterocycles. The summed E-state index contributed by atoms with van der Waals surface area (Å²) in [6.07, 6.45) is 4.58. The third kappa shape index (κ3) is 2.39. The van der Waals surface area contributed by atoms with Gasteiger partial charge in [-0.2, -0.15) is 0 Å². The van der Waals surface area contributed by atoms with Crippen molar-refractivity contribution in [3.05, 3.63) is 24.3 Å². The standard InChI is InChI=1S/C5H6N2O.ClH/c8-3-5-1-6-4-7-2-5;/h1-2,4,8H,3H2;1H. The maximum atomic E-state index is 8.46. The molecular weight excluding hydrogens is 140 g/mol. The largest absolute Gasteiger partial charge is 0.392 e. The summed E-state index contributed by atoms with van der Waals surface area (Å²) in [6.45, 7) is 0.0147. The number of aliphatic hydroxyl groups is 1. The normalized spacial score (nSPS) is 8.11. The summed E-state index contributed by atoms with van der Waals surface area (Å²) < 4.78 is 0. The zero-order valence-electron chi connectivity index (χ0n) is 4.69. The van der Waals surface area contributed by atoms with Gasteiger partial charge in [-0.3, -0.25) is 0 Å². The molecule has 0 aliphatic rings. The highest BCUT2D eigenvalue weighted by Gasteiger charge is 1.83. The maximum Gasteiger partial charge on any atom is 0.115 e. The molecule has 0 aromatic carbocycles. The minimum absolute atomic E-state index is 0. The van der Waals surface area contributed by atoms with Gasteiger partial charge in [0, 0.05) is 18.0 Å². The Hall–Kier alpha value is -0.670. The van der Waals surface area contributed by atoms with Crippen LogP contribution in [-0.2, 0) is 6.61 Å². The third-order valence-electron chi connectivity index (χ3n) is 0.797. The van der Waals surface area contributed by atoms with E-state index in [2.05, 4.69) is 9.97 Å². The highest BCUT2D eigenvalue weighted by atomic mass is 35.5. The van der Waals surface area contributed by atoms with Gasteiger partial charge in [0.2, 0.25) is 0 Å². The summed E-state index contributed by atoms with van der Waals surface area (Å²) in [5, 5.41) is 8.46. The number of nitrogens with zero attached hydrogens (tertiary/aromatic N) is 2. The van der Waals surface area contributed by atoms with Crippen LogP contribution in [0.2, 0.25) is 0 Å². The molecule has 0 spiro atoms. The molecule has 0 unspecified atom stereocenters. The summed E-state index contributed by atoms with van der Waals surface area (Å²) in [4.78, 5) is 7.37. The predicted molar refractivity (Wildman–Crippen MR) is 35.2 cm³/mol. The van der Waals surface area contributed by atoms with Gasteiger partial charge in [-0.1, -0.05) is 0 Å². The lowest BCUT2D eigenvalue weighted by atomic mass is 10.4. The molecule has 0 saturated carbocycles. The van der Waals surface area contributed by atoms with Crippen molar-refractivity contribution in [2.75, 3.05) is 0 Å². The first kappa shape index (κ1) is 8.33. The Morgan fingerprint density at radius 2 is 1.89 bits per heavy atom. The van der Waals surface area contributed by atoms with Gasteiger partial charge in [-0.25, -0.2) is 9.97 Å². The third-order valence-corrected chi connectivity index (χ3v) is 0.797. The number of hydrogen-bond donors (Lipinski definition) is 1. The molecule has 0 aliphatic heterocycles. The molecule has 9 heavy (non-hydrogen) atoms. The van der Waals surface area contributed by atoms with Crippen LogP contribution in [0.3, 0.4) is 0 Å². The first-order chi connectivity index (χ1) is 3.93. The van der Waals surface area contributed by atoms with Crippen molar-refractivity contribution in [2.24, 2.45) is 0 Å². The zero-order valence-corrected chi connectivity index (χ0v) is 5.51. The van der Waals surface area contributed by atoms with Gasteiger partial charge < -0.3 is 5.11 Å².